The molecule has 0 saturated heterocycles. The van der Waals surface area contributed by atoms with E-state index in [0.717, 1.165) is 22.5 Å². The maximum absolute atomic E-state index is 9.27. The molecule has 0 aliphatic carbocycles. The summed E-state index contributed by atoms with van der Waals surface area (Å²) in [5.74, 6) is 0.797. The molecule has 2 aromatic carbocycles. The van der Waals surface area contributed by atoms with Crippen LogP contribution in [0.5, 0.6) is 0 Å². The van der Waals surface area contributed by atoms with Crippen LogP contribution in [0.15, 0.2) is 76.4 Å². The highest BCUT2D eigenvalue weighted by molar-refractivity contribution is 5.89. The summed E-state index contributed by atoms with van der Waals surface area (Å²) >= 11 is 0. The van der Waals surface area contributed by atoms with Crippen LogP contribution in [-0.2, 0) is 0 Å². The molecule has 0 spiro atoms. The van der Waals surface area contributed by atoms with Crippen molar-refractivity contribution in [3.63, 3.8) is 0 Å². The number of nitriles is 1. The van der Waals surface area contributed by atoms with Crippen molar-refractivity contribution in [2.24, 2.45) is 5.10 Å². The van der Waals surface area contributed by atoms with Gasteiger partial charge in [0, 0.05) is 23.2 Å². The lowest BCUT2D eigenvalue weighted by Gasteiger charge is -2.00. The molecule has 2 aromatic heterocycles. The number of nitrogens with zero attached hydrogens (tertiary/aromatic N) is 5. The number of benzene rings is 2. The molecular weight excluding hydrogens is 376 g/mol. The smallest absolute Gasteiger partial charge is 0.252 e. The number of rotatable bonds is 6. The maximum atomic E-state index is 9.27. The van der Waals surface area contributed by atoms with Gasteiger partial charge in [0.25, 0.3) is 5.88 Å². The molecule has 0 fully saturated rings. The van der Waals surface area contributed by atoms with Crippen LogP contribution in [0.1, 0.15) is 36.9 Å². The van der Waals surface area contributed by atoms with Gasteiger partial charge in [-0.1, -0.05) is 62.4 Å². The van der Waals surface area contributed by atoms with Crippen LogP contribution in [0.3, 0.4) is 0 Å². The Morgan fingerprint density at radius 3 is 2.47 bits per heavy atom. The Morgan fingerprint density at radius 2 is 1.80 bits per heavy atom. The summed E-state index contributed by atoms with van der Waals surface area (Å²) in [5, 5.41) is 18.3. The fourth-order valence-corrected chi connectivity index (χ4v) is 2.91. The highest BCUT2D eigenvalue weighted by atomic mass is 16.4. The number of hydrazone groups is 1. The fraction of sp³-hybridized carbons (Fsp3) is 0.130. The van der Waals surface area contributed by atoms with Crippen LogP contribution < -0.4 is 5.43 Å². The summed E-state index contributed by atoms with van der Waals surface area (Å²) < 4.78 is 7.43. The molecule has 4 aromatic rings. The van der Waals surface area contributed by atoms with Crippen molar-refractivity contribution >= 4 is 12.1 Å². The summed E-state index contributed by atoms with van der Waals surface area (Å²) in [6.07, 6.45) is 3.57. The second kappa shape index (κ2) is 8.45. The zero-order valence-corrected chi connectivity index (χ0v) is 16.6. The predicted octanol–water partition coefficient (Wildman–Crippen LogP) is 4.97. The van der Waals surface area contributed by atoms with E-state index in [9.17, 15) is 5.26 Å². The van der Waals surface area contributed by atoms with E-state index in [1.807, 2.05) is 91.5 Å². The third-order valence-electron chi connectivity index (χ3n) is 4.42. The number of hydrogen-bond acceptors (Lipinski definition) is 6. The van der Waals surface area contributed by atoms with Crippen LogP contribution in [0.25, 0.3) is 16.9 Å². The molecule has 0 unspecified atom stereocenters. The zero-order valence-electron chi connectivity index (χ0n) is 16.6. The molecular formula is C23H20N6O. The van der Waals surface area contributed by atoms with E-state index < -0.39 is 0 Å². The van der Waals surface area contributed by atoms with Crippen molar-refractivity contribution < 1.29 is 4.42 Å². The summed E-state index contributed by atoms with van der Waals surface area (Å²) in [6.45, 7) is 3.90. The van der Waals surface area contributed by atoms with Crippen molar-refractivity contribution in [1.82, 2.24) is 14.8 Å². The summed E-state index contributed by atoms with van der Waals surface area (Å²) in [5.41, 5.74) is 6.52. The van der Waals surface area contributed by atoms with Crippen molar-refractivity contribution in [2.45, 2.75) is 19.8 Å². The fourth-order valence-electron chi connectivity index (χ4n) is 2.91. The van der Waals surface area contributed by atoms with Crippen LogP contribution in [0.4, 0.5) is 5.88 Å². The molecule has 7 nitrogen and oxygen atoms in total. The number of nitrogens with one attached hydrogen (secondary N) is 1. The monoisotopic (exact) mass is 396 g/mol. The lowest BCUT2D eigenvalue weighted by Crippen LogP contribution is -1.93. The first kappa shape index (κ1) is 19.2. The van der Waals surface area contributed by atoms with Gasteiger partial charge in [0.05, 0.1) is 11.9 Å². The second-order valence-electron chi connectivity index (χ2n) is 6.95. The normalized spacial score (nSPS) is 11.1. The van der Waals surface area contributed by atoms with E-state index in [4.69, 9.17) is 9.52 Å². The highest BCUT2D eigenvalue weighted by Crippen LogP contribution is 2.24. The predicted molar refractivity (Wildman–Crippen MR) is 116 cm³/mol. The lowest BCUT2D eigenvalue weighted by molar-refractivity contribution is 0.481. The van der Waals surface area contributed by atoms with Crippen molar-refractivity contribution in [3.8, 4) is 23.0 Å². The van der Waals surface area contributed by atoms with E-state index >= 15 is 0 Å². The molecule has 4 rings (SSSR count). The summed E-state index contributed by atoms with van der Waals surface area (Å²) in [4.78, 5) is 4.18. The maximum Gasteiger partial charge on any atom is 0.252 e. The van der Waals surface area contributed by atoms with Gasteiger partial charge >= 0.3 is 0 Å². The van der Waals surface area contributed by atoms with Crippen LogP contribution >= 0.6 is 0 Å². The molecule has 0 radical (unpaired) electrons. The molecule has 0 saturated carbocycles. The Kier molecular flexibility index (Phi) is 5.39. The van der Waals surface area contributed by atoms with E-state index in [2.05, 4.69) is 15.5 Å². The number of para-hydroxylation sites is 1. The Morgan fingerprint density at radius 1 is 1.10 bits per heavy atom. The van der Waals surface area contributed by atoms with Crippen LogP contribution in [0.2, 0.25) is 0 Å². The number of anilines is 1. The van der Waals surface area contributed by atoms with Gasteiger partial charge in [-0.3, -0.25) is 0 Å². The zero-order chi connectivity index (χ0) is 20.9. The van der Waals surface area contributed by atoms with Gasteiger partial charge in [0.2, 0.25) is 11.6 Å². The first-order chi connectivity index (χ1) is 14.7. The standard InChI is InChI=1S/C23H20N6O/c1-16(2)22-26-20(13-24)23(30-22)27-25-14-18-15-29(19-11-7-4-8-12-19)28-21(18)17-9-5-3-6-10-17/h3-12,14-16,27H,1-2H3/b25-14+. The van der Waals surface area contributed by atoms with Gasteiger partial charge in [-0.2, -0.15) is 15.5 Å². The average molecular weight is 396 g/mol. The largest absolute Gasteiger partial charge is 0.422 e. The molecule has 7 heteroatoms. The number of oxazole rings is 1. The third-order valence-corrected chi connectivity index (χ3v) is 4.42. The summed E-state index contributed by atoms with van der Waals surface area (Å²) in [6, 6.07) is 21.8. The Hall–Kier alpha value is -4.18. The number of aromatic nitrogens is 3. The quantitative estimate of drug-likeness (QED) is 0.367. The topological polar surface area (TPSA) is 92.0 Å². The van der Waals surface area contributed by atoms with Crippen molar-refractivity contribution in [3.05, 3.63) is 84.0 Å². The molecule has 30 heavy (non-hydrogen) atoms. The van der Waals surface area contributed by atoms with Crippen LogP contribution in [-0.4, -0.2) is 21.0 Å². The van der Waals surface area contributed by atoms with E-state index in [0.29, 0.717) is 5.89 Å². The van der Waals surface area contributed by atoms with Gasteiger partial charge in [-0.25, -0.2) is 15.1 Å². The Labute approximate surface area is 174 Å². The van der Waals surface area contributed by atoms with E-state index in [-0.39, 0.29) is 17.5 Å². The van der Waals surface area contributed by atoms with E-state index in [1.165, 1.54) is 0 Å². The van der Waals surface area contributed by atoms with Gasteiger partial charge in [0.1, 0.15) is 11.8 Å². The van der Waals surface area contributed by atoms with Crippen molar-refractivity contribution in [1.29, 1.82) is 5.26 Å². The minimum Gasteiger partial charge on any atom is -0.422 e. The molecule has 1 N–H and O–H groups in total. The second-order valence-corrected chi connectivity index (χ2v) is 6.95. The first-order valence-electron chi connectivity index (χ1n) is 9.56. The minimum atomic E-state index is 0.0745. The van der Waals surface area contributed by atoms with Crippen molar-refractivity contribution in [2.75, 3.05) is 5.43 Å². The highest BCUT2D eigenvalue weighted by Gasteiger charge is 2.15. The average Bonchev–Trinajstić information content (AvgIpc) is 3.40. The minimum absolute atomic E-state index is 0.0745. The van der Waals surface area contributed by atoms with Gasteiger partial charge in [-0.05, 0) is 12.1 Å². The van der Waals surface area contributed by atoms with Gasteiger partial charge in [-0.15, -0.1) is 0 Å². The molecule has 148 valence electrons. The molecule has 0 aliphatic rings. The number of hydrogen-bond donors (Lipinski definition) is 1. The molecule has 0 aliphatic heterocycles. The van der Waals surface area contributed by atoms with Gasteiger partial charge < -0.3 is 4.42 Å². The Bertz CT molecular complexity index is 1200. The Balaban J connectivity index is 1.67. The first-order valence-corrected chi connectivity index (χ1v) is 9.56. The van der Waals surface area contributed by atoms with E-state index in [1.54, 1.807) is 6.21 Å². The SMILES string of the molecule is CC(C)c1nc(C#N)c(N/N=C/c2cn(-c3ccccc3)nc2-c2ccccc2)o1. The molecule has 2 heterocycles. The lowest BCUT2D eigenvalue weighted by atomic mass is 10.1. The van der Waals surface area contributed by atoms with Crippen LogP contribution in [0, 0.1) is 11.3 Å². The summed E-state index contributed by atoms with van der Waals surface area (Å²) in [7, 11) is 0. The van der Waals surface area contributed by atoms with Gasteiger partial charge in [0.15, 0.2) is 0 Å². The third kappa shape index (κ3) is 3.98. The molecule has 0 atom stereocenters. The molecule has 0 bridgehead atoms. The molecule has 0 amide bonds.